The molecule has 0 aliphatic heterocycles. The van der Waals surface area contributed by atoms with Crippen molar-refractivity contribution in [1.29, 1.82) is 0 Å². The van der Waals surface area contributed by atoms with Gasteiger partial charge in [-0.25, -0.2) is 9.13 Å². The van der Waals surface area contributed by atoms with Crippen molar-refractivity contribution in [2.45, 2.75) is 39.0 Å². The first-order valence-electron chi connectivity index (χ1n) is 9.81. The second kappa shape index (κ2) is 10.6. The highest BCUT2D eigenvalue weighted by atomic mass is 35.5. The zero-order valence-electron chi connectivity index (χ0n) is 16.7. The van der Waals surface area contributed by atoms with E-state index in [1.54, 1.807) is 24.3 Å². The van der Waals surface area contributed by atoms with Crippen molar-refractivity contribution >= 4 is 28.9 Å². The molecule has 0 spiro atoms. The molecule has 1 atom stereocenters. The minimum Gasteiger partial charge on any atom is -0.369 e. The largest absolute Gasteiger partial charge is 0.369 e. The van der Waals surface area contributed by atoms with E-state index in [1.165, 1.54) is 6.07 Å². The van der Waals surface area contributed by atoms with Gasteiger partial charge in [0.2, 0.25) is 6.33 Å². The highest BCUT2D eigenvalue weighted by Crippen LogP contribution is 2.30. The van der Waals surface area contributed by atoms with E-state index in [1.807, 2.05) is 40.0 Å². The number of nitro benzene ring substituents is 1. The number of unbranched alkanes of at least 4 members (excludes halogenated alkanes) is 1. The summed E-state index contributed by atoms with van der Waals surface area (Å²) in [6.45, 7) is 3.73. The molecule has 2 aromatic carbocycles. The van der Waals surface area contributed by atoms with Crippen LogP contribution in [-0.4, -0.2) is 16.1 Å². The van der Waals surface area contributed by atoms with Crippen LogP contribution in [0.25, 0.3) is 0 Å². The van der Waals surface area contributed by atoms with Crippen LogP contribution in [-0.2, 0) is 17.8 Å². The van der Waals surface area contributed by atoms with Crippen molar-refractivity contribution in [3.8, 4) is 0 Å². The minimum absolute atomic E-state index is 0.117. The molecule has 0 radical (unpaired) electrons. The maximum atomic E-state index is 11.3. The summed E-state index contributed by atoms with van der Waals surface area (Å²) in [5.74, 6) is 0. The van der Waals surface area contributed by atoms with Gasteiger partial charge in [-0.2, -0.15) is 0 Å². The van der Waals surface area contributed by atoms with Gasteiger partial charge in [-0.1, -0.05) is 54.7 Å². The molecule has 0 amide bonds. The molecule has 158 valence electrons. The summed E-state index contributed by atoms with van der Waals surface area (Å²) in [5, 5.41) is 12.4. The predicted molar refractivity (Wildman–Crippen MR) is 117 cm³/mol. The van der Waals surface area contributed by atoms with Crippen LogP contribution in [0.5, 0.6) is 0 Å². The molecule has 30 heavy (non-hydrogen) atoms. The summed E-state index contributed by atoms with van der Waals surface area (Å²) in [6.07, 6.45) is 7.51. The number of nitrogens with zero attached hydrogens (tertiary/aromatic N) is 3. The van der Waals surface area contributed by atoms with Gasteiger partial charge in [-0.3, -0.25) is 10.1 Å². The minimum atomic E-state index is -0.354. The fourth-order valence-corrected chi connectivity index (χ4v) is 3.75. The first-order chi connectivity index (χ1) is 14.5. The Morgan fingerprint density at radius 3 is 2.77 bits per heavy atom. The van der Waals surface area contributed by atoms with Crippen LogP contribution in [0.2, 0.25) is 10.0 Å². The monoisotopic (exact) mass is 448 g/mol. The molecule has 6 nitrogen and oxygen atoms in total. The van der Waals surface area contributed by atoms with Crippen LogP contribution in [0.15, 0.2) is 61.2 Å². The Labute approximate surface area is 185 Å². The molecule has 1 unspecified atom stereocenters. The Kier molecular flexibility index (Phi) is 7.85. The van der Waals surface area contributed by atoms with Crippen LogP contribution in [0, 0.1) is 10.1 Å². The lowest BCUT2D eigenvalue weighted by Crippen LogP contribution is -2.32. The number of hydrogen-bond acceptors (Lipinski definition) is 3. The van der Waals surface area contributed by atoms with Crippen LogP contribution >= 0.6 is 23.2 Å². The van der Waals surface area contributed by atoms with E-state index in [4.69, 9.17) is 27.9 Å². The lowest BCUT2D eigenvalue weighted by molar-refractivity contribution is -0.688. The standard InChI is InChI=1S/C22H24Cl2N3O3/c1-2-3-12-30-22(19-9-8-18(23)13-20(19)24)15-26-11-10-25(16-26)14-17-6-4-5-7-21(17)27(28)29/h4-11,13,16,22H,2-3,12,14-15H2,1H3/q+1. The van der Waals surface area contributed by atoms with Gasteiger partial charge in [0.15, 0.2) is 0 Å². The summed E-state index contributed by atoms with van der Waals surface area (Å²) < 4.78 is 10.0. The van der Waals surface area contributed by atoms with Crippen LogP contribution in [0.3, 0.4) is 0 Å². The summed E-state index contributed by atoms with van der Waals surface area (Å²) in [5.41, 5.74) is 1.66. The number of rotatable bonds is 10. The zero-order chi connectivity index (χ0) is 21.5. The number of aromatic nitrogens is 2. The van der Waals surface area contributed by atoms with Crippen molar-refractivity contribution in [3.05, 3.63) is 92.5 Å². The van der Waals surface area contributed by atoms with Gasteiger partial charge in [-0.05, 0) is 24.6 Å². The lowest BCUT2D eigenvalue weighted by Gasteiger charge is -2.18. The molecule has 0 aliphatic carbocycles. The van der Waals surface area contributed by atoms with E-state index in [0.717, 1.165) is 18.4 Å². The van der Waals surface area contributed by atoms with E-state index < -0.39 is 0 Å². The van der Waals surface area contributed by atoms with E-state index in [0.29, 0.717) is 35.3 Å². The molecule has 3 aromatic rings. The predicted octanol–water partition coefficient (Wildman–Crippen LogP) is 5.60. The average Bonchev–Trinajstić information content (AvgIpc) is 3.15. The Bertz CT molecular complexity index is 1010. The second-order valence-electron chi connectivity index (χ2n) is 7.05. The number of hydrogen-bond donors (Lipinski definition) is 0. The van der Waals surface area contributed by atoms with Crippen LogP contribution in [0.1, 0.15) is 37.0 Å². The second-order valence-corrected chi connectivity index (χ2v) is 7.89. The summed E-state index contributed by atoms with van der Waals surface area (Å²) in [6, 6.07) is 12.2. The van der Waals surface area contributed by atoms with Gasteiger partial charge >= 0.3 is 0 Å². The number of ether oxygens (including phenoxy) is 1. The highest BCUT2D eigenvalue weighted by molar-refractivity contribution is 6.35. The third-order valence-corrected chi connectivity index (χ3v) is 5.35. The Hall–Kier alpha value is -2.41. The summed E-state index contributed by atoms with van der Waals surface area (Å²) >= 11 is 12.5. The maximum absolute atomic E-state index is 11.3. The van der Waals surface area contributed by atoms with Crippen molar-refractivity contribution in [2.75, 3.05) is 6.61 Å². The Morgan fingerprint density at radius 2 is 2.03 bits per heavy atom. The molecule has 0 saturated carbocycles. The first kappa shape index (κ1) is 22.3. The number of para-hydroxylation sites is 1. The Balaban J connectivity index is 1.77. The molecule has 3 rings (SSSR count). The molecule has 8 heteroatoms. The number of halogens is 2. The van der Waals surface area contributed by atoms with Crippen molar-refractivity contribution in [1.82, 2.24) is 4.57 Å². The molecule has 0 saturated heterocycles. The van der Waals surface area contributed by atoms with E-state index in [2.05, 4.69) is 6.92 Å². The number of benzene rings is 2. The third-order valence-electron chi connectivity index (χ3n) is 4.79. The highest BCUT2D eigenvalue weighted by Gasteiger charge is 2.20. The average molecular weight is 449 g/mol. The van der Waals surface area contributed by atoms with E-state index >= 15 is 0 Å². The summed E-state index contributed by atoms with van der Waals surface area (Å²) in [7, 11) is 0. The molecule has 0 fully saturated rings. The number of imidazole rings is 1. The lowest BCUT2D eigenvalue weighted by atomic mass is 10.1. The quantitative estimate of drug-likeness (QED) is 0.175. The molecular weight excluding hydrogens is 425 g/mol. The van der Waals surface area contributed by atoms with Gasteiger partial charge in [0.25, 0.3) is 5.69 Å². The molecule has 1 heterocycles. The van der Waals surface area contributed by atoms with Gasteiger partial charge in [0, 0.05) is 28.3 Å². The molecule has 1 aromatic heterocycles. The molecule has 0 bridgehead atoms. The van der Waals surface area contributed by atoms with E-state index in [-0.39, 0.29) is 16.7 Å². The van der Waals surface area contributed by atoms with Crippen molar-refractivity contribution in [3.63, 3.8) is 0 Å². The molecule has 0 N–H and O–H groups in total. The summed E-state index contributed by atoms with van der Waals surface area (Å²) in [4.78, 5) is 10.9. The topological polar surface area (TPSA) is 61.2 Å². The van der Waals surface area contributed by atoms with Gasteiger partial charge in [-0.15, -0.1) is 0 Å². The van der Waals surface area contributed by atoms with Gasteiger partial charge in [0.1, 0.15) is 31.6 Å². The van der Waals surface area contributed by atoms with E-state index in [9.17, 15) is 10.1 Å². The van der Waals surface area contributed by atoms with Crippen LogP contribution in [0.4, 0.5) is 5.69 Å². The van der Waals surface area contributed by atoms with Gasteiger partial charge < -0.3 is 4.74 Å². The van der Waals surface area contributed by atoms with Crippen molar-refractivity contribution < 1.29 is 14.2 Å². The molecule has 0 aliphatic rings. The van der Waals surface area contributed by atoms with Gasteiger partial charge in [0.05, 0.1) is 10.5 Å². The third kappa shape index (κ3) is 5.81. The first-order valence-corrected chi connectivity index (χ1v) is 10.6. The smallest absolute Gasteiger partial charge is 0.276 e. The Morgan fingerprint density at radius 1 is 1.23 bits per heavy atom. The zero-order valence-corrected chi connectivity index (χ0v) is 18.2. The fraction of sp³-hybridized carbons (Fsp3) is 0.318. The normalized spacial score (nSPS) is 12.1. The number of nitro groups is 1. The van der Waals surface area contributed by atoms with Crippen molar-refractivity contribution in [2.24, 2.45) is 0 Å². The molecular formula is C22H24Cl2N3O3+. The SMILES string of the molecule is CCCCOC(Cn1cc[n+](Cc2ccccc2[N+](=O)[O-])c1)c1ccc(Cl)cc1Cl. The van der Waals surface area contributed by atoms with Crippen LogP contribution < -0.4 is 4.57 Å². The maximum Gasteiger partial charge on any atom is 0.276 e. The fourth-order valence-electron chi connectivity index (χ4n) is 3.22.